The highest BCUT2D eigenvalue weighted by Gasteiger charge is 2.34. The number of phenols is 1. The van der Waals surface area contributed by atoms with Crippen LogP contribution in [0.25, 0.3) is 22.3 Å². The van der Waals surface area contributed by atoms with Crippen LogP contribution in [-0.4, -0.2) is 27.7 Å². The quantitative estimate of drug-likeness (QED) is 0.0247. The van der Waals surface area contributed by atoms with Gasteiger partial charge in [0.15, 0.2) is 28.7 Å². The van der Waals surface area contributed by atoms with Gasteiger partial charge in [0.1, 0.15) is 22.3 Å². The van der Waals surface area contributed by atoms with E-state index in [1.165, 1.54) is 180 Å². The second kappa shape index (κ2) is 42.2. The van der Waals surface area contributed by atoms with Crippen LogP contribution in [0, 0.1) is 0 Å². The molecule has 3 rings (SSSR count). The zero-order chi connectivity index (χ0) is 53.3. The number of ketones is 2. The Bertz CT molecular complexity index is 2000. The Morgan fingerprint density at radius 1 is 0.405 bits per heavy atom. The van der Waals surface area contributed by atoms with Gasteiger partial charge in [0.25, 0.3) is 0 Å². The number of unbranched alkanes of at least 4 members (excludes halogenated alkanes) is 39. The van der Waals surface area contributed by atoms with Gasteiger partial charge in [0, 0.05) is 24.8 Å². The van der Waals surface area contributed by atoms with Crippen LogP contribution in [0.1, 0.15) is 330 Å². The molecule has 418 valence electrons. The molecule has 0 atom stereocenters. The first-order valence-electron chi connectivity index (χ1n) is 31.2. The van der Waals surface area contributed by atoms with E-state index in [0.717, 1.165) is 70.6 Å². The third-order valence-corrected chi connectivity index (χ3v) is 15.3. The van der Waals surface area contributed by atoms with Crippen molar-refractivity contribution >= 4 is 28.5 Å². The minimum Gasteiger partial charge on any atom is -0.506 e. The van der Waals surface area contributed by atoms with E-state index in [2.05, 4.69) is 20.8 Å². The highest BCUT2D eigenvalue weighted by atomic mass is 16.5. The summed E-state index contributed by atoms with van der Waals surface area (Å²) in [6, 6.07) is 8.61. The minimum atomic E-state index is -0.930. The smallest absolute Gasteiger partial charge is 0.311 e. The summed E-state index contributed by atoms with van der Waals surface area (Å²) in [6.45, 7) is 6.75. The number of hydrogen-bond donors (Lipinski definition) is 2. The SMILES string of the molecule is CCCCCCCCCCCCCCCCC(=O)Oc1c(C(=O)CCCCCCCCCCCCCCCC)c(O)c(C(=O)CCCCCCCCCCCCCCCC)c2oc(-c3ccccc3)c(O)c(=O)c12. The predicted molar refractivity (Wildman–Crippen MR) is 310 cm³/mol. The standard InChI is InChI=1S/C66H106O8/c1-4-7-10-13-16-19-22-25-28-31-34-37-40-46-51-55(67)58-61(70)59(56(68)52-47-41-38-35-32-29-26-23-20-17-14-11-8-5-2)66-60(62(71)63(72)64(74-66)54-49-44-43-45-50-54)65(58)73-57(69)53-48-42-39-36-33-30-27-24-21-18-15-12-9-6-3/h43-45,49-50,70,72H,4-42,46-48,51-53H2,1-3H3. The molecule has 74 heavy (non-hydrogen) atoms. The molecule has 2 aromatic carbocycles. The lowest BCUT2D eigenvalue weighted by Crippen LogP contribution is -2.17. The lowest BCUT2D eigenvalue weighted by atomic mass is 9.92. The molecule has 8 heteroatoms. The first kappa shape index (κ1) is 64.3. The van der Waals surface area contributed by atoms with Crippen LogP contribution in [0.3, 0.4) is 0 Å². The van der Waals surface area contributed by atoms with Crippen molar-refractivity contribution in [1.82, 2.24) is 0 Å². The largest absolute Gasteiger partial charge is 0.506 e. The van der Waals surface area contributed by atoms with Gasteiger partial charge in [0.05, 0.1) is 0 Å². The predicted octanol–water partition coefficient (Wildman–Crippen LogP) is 20.8. The van der Waals surface area contributed by atoms with Crippen molar-refractivity contribution in [2.45, 2.75) is 310 Å². The fraction of sp³-hybridized carbons (Fsp3) is 0.727. The molecule has 0 aliphatic carbocycles. The van der Waals surface area contributed by atoms with Gasteiger partial charge < -0.3 is 19.4 Å². The van der Waals surface area contributed by atoms with Gasteiger partial charge in [-0.25, -0.2) is 0 Å². The van der Waals surface area contributed by atoms with Crippen molar-refractivity contribution in [2.75, 3.05) is 0 Å². The number of benzene rings is 2. The van der Waals surface area contributed by atoms with Crippen LogP contribution in [0.4, 0.5) is 0 Å². The number of hydrogen-bond acceptors (Lipinski definition) is 8. The molecule has 0 saturated carbocycles. The van der Waals surface area contributed by atoms with E-state index in [-0.39, 0.29) is 47.1 Å². The Morgan fingerprint density at radius 2 is 0.716 bits per heavy atom. The Hall–Kier alpha value is -3.94. The first-order valence-corrected chi connectivity index (χ1v) is 31.2. The minimum absolute atomic E-state index is 0.0343. The third-order valence-electron chi connectivity index (χ3n) is 15.3. The first-order chi connectivity index (χ1) is 36.3. The molecule has 3 aromatic rings. The Labute approximate surface area is 450 Å². The van der Waals surface area contributed by atoms with E-state index in [4.69, 9.17) is 9.15 Å². The molecule has 1 aromatic heterocycles. The highest BCUT2D eigenvalue weighted by molar-refractivity contribution is 6.17. The summed E-state index contributed by atoms with van der Waals surface area (Å²) in [5.74, 6) is -3.59. The number of ether oxygens (including phenoxy) is 1. The van der Waals surface area contributed by atoms with Crippen LogP contribution < -0.4 is 10.2 Å². The number of aromatic hydroxyl groups is 2. The summed E-state index contributed by atoms with van der Waals surface area (Å²) in [4.78, 5) is 57.0. The highest BCUT2D eigenvalue weighted by Crippen LogP contribution is 2.44. The Kier molecular flexibility index (Phi) is 36.7. The summed E-state index contributed by atoms with van der Waals surface area (Å²) in [5, 5.41) is 23.3. The molecular weight excluding hydrogens is 921 g/mol. The normalized spacial score (nSPS) is 11.5. The Balaban J connectivity index is 1.75. The molecule has 0 aliphatic rings. The van der Waals surface area contributed by atoms with E-state index in [0.29, 0.717) is 24.8 Å². The van der Waals surface area contributed by atoms with E-state index < -0.39 is 40.2 Å². The molecule has 0 saturated heterocycles. The van der Waals surface area contributed by atoms with Crippen LogP contribution in [0.15, 0.2) is 39.5 Å². The zero-order valence-electron chi connectivity index (χ0n) is 47.6. The monoisotopic (exact) mass is 1030 g/mol. The maximum absolute atomic E-state index is 14.5. The van der Waals surface area contributed by atoms with Gasteiger partial charge in [-0.3, -0.25) is 19.2 Å². The van der Waals surface area contributed by atoms with Crippen molar-refractivity contribution in [2.24, 2.45) is 0 Å². The van der Waals surface area contributed by atoms with Crippen LogP contribution in [0.2, 0.25) is 0 Å². The maximum Gasteiger partial charge on any atom is 0.311 e. The summed E-state index contributed by atoms with van der Waals surface area (Å²) < 4.78 is 12.3. The Morgan fingerprint density at radius 3 is 1.07 bits per heavy atom. The second-order valence-electron chi connectivity index (χ2n) is 22.0. The van der Waals surface area contributed by atoms with Crippen LogP contribution >= 0.6 is 0 Å². The average molecular weight is 1030 g/mol. The van der Waals surface area contributed by atoms with Gasteiger partial charge in [0.2, 0.25) is 11.2 Å². The summed E-state index contributed by atoms with van der Waals surface area (Å²) in [5.41, 5.74) is -1.46. The van der Waals surface area contributed by atoms with Crippen LogP contribution in [0.5, 0.6) is 17.2 Å². The second-order valence-corrected chi connectivity index (χ2v) is 22.0. The maximum atomic E-state index is 14.5. The summed E-state index contributed by atoms with van der Waals surface area (Å²) in [6.07, 6.45) is 49.2. The van der Waals surface area contributed by atoms with E-state index >= 15 is 0 Å². The molecule has 0 amide bonds. The van der Waals surface area contributed by atoms with Crippen molar-refractivity contribution in [3.63, 3.8) is 0 Å². The van der Waals surface area contributed by atoms with E-state index in [1.807, 2.05) is 0 Å². The third kappa shape index (κ3) is 26.2. The van der Waals surface area contributed by atoms with Gasteiger partial charge >= 0.3 is 5.97 Å². The lowest BCUT2D eigenvalue weighted by molar-refractivity contribution is -0.134. The topological polar surface area (TPSA) is 131 Å². The molecule has 0 unspecified atom stereocenters. The number of Topliss-reactive ketones (excluding diaryl/α,β-unsaturated/α-hetero) is 2. The van der Waals surface area contributed by atoms with Gasteiger partial charge in [-0.15, -0.1) is 0 Å². The number of carbonyl (C=O) groups excluding carboxylic acids is 3. The van der Waals surface area contributed by atoms with Gasteiger partial charge in [-0.1, -0.05) is 302 Å². The summed E-state index contributed by atoms with van der Waals surface area (Å²) >= 11 is 0. The fourth-order valence-corrected chi connectivity index (χ4v) is 10.6. The van der Waals surface area contributed by atoms with Crippen molar-refractivity contribution in [3.05, 3.63) is 51.7 Å². The van der Waals surface area contributed by atoms with E-state index in [1.54, 1.807) is 30.3 Å². The summed E-state index contributed by atoms with van der Waals surface area (Å²) in [7, 11) is 0. The van der Waals surface area contributed by atoms with E-state index in [9.17, 15) is 29.4 Å². The molecular formula is C66H106O8. The van der Waals surface area contributed by atoms with Gasteiger partial charge in [-0.05, 0) is 19.3 Å². The number of rotatable bonds is 49. The lowest BCUT2D eigenvalue weighted by Gasteiger charge is -2.18. The molecule has 0 spiro atoms. The molecule has 0 bridgehead atoms. The zero-order valence-corrected chi connectivity index (χ0v) is 47.6. The molecule has 0 fully saturated rings. The number of carbonyl (C=O) groups is 3. The van der Waals surface area contributed by atoms with Gasteiger partial charge in [-0.2, -0.15) is 0 Å². The molecule has 8 nitrogen and oxygen atoms in total. The molecule has 0 radical (unpaired) electrons. The number of fused-ring (bicyclic) bond motifs is 1. The van der Waals surface area contributed by atoms with Crippen molar-refractivity contribution in [1.29, 1.82) is 0 Å². The molecule has 0 aliphatic heterocycles. The number of esters is 1. The van der Waals surface area contributed by atoms with Crippen molar-refractivity contribution in [3.8, 4) is 28.6 Å². The molecule has 2 N–H and O–H groups in total. The number of phenolic OH excluding ortho intramolecular Hbond substituents is 1. The average Bonchev–Trinajstić information content (AvgIpc) is 3.40. The van der Waals surface area contributed by atoms with Crippen LogP contribution in [-0.2, 0) is 4.79 Å². The van der Waals surface area contributed by atoms with Crippen molar-refractivity contribution < 1.29 is 33.8 Å². The molecule has 1 heterocycles. The fourth-order valence-electron chi connectivity index (χ4n) is 10.6.